The molecule has 0 aliphatic carbocycles. The third-order valence-corrected chi connectivity index (χ3v) is 0. The van der Waals surface area contributed by atoms with Crippen LogP contribution in [0.2, 0.25) is 0 Å². The predicted molar refractivity (Wildman–Crippen MR) is 11.5 cm³/mol. The number of nitrogens with zero attached hydrogens (tertiary/aromatic N) is 1. The van der Waals surface area contributed by atoms with Gasteiger partial charge < -0.3 is 16.7 Å². The molecule has 0 bridgehead atoms. The molecule has 0 saturated carbocycles. The molecule has 6 heteroatoms. The van der Waals surface area contributed by atoms with Crippen LogP contribution in [-0.4, -0.2) is 5.09 Å². The van der Waals surface area contributed by atoms with Crippen molar-refractivity contribution >= 4 is 0 Å². The van der Waals surface area contributed by atoms with Gasteiger partial charge in [0.15, 0.2) is 0 Å². The molecule has 6 heavy (non-hydrogen) atoms. The number of rotatable bonds is 0. The molecule has 0 radical (unpaired) electrons. The first-order valence-corrected chi connectivity index (χ1v) is 0.548. The molecule has 0 atom stereocenters. The van der Waals surface area contributed by atoms with Crippen molar-refractivity contribution in [1.82, 2.24) is 0 Å². The second-order valence-corrected chi connectivity index (χ2v) is 0.224. The van der Waals surface area contributed by atoms with E-state index in [9.17, 15) is 0 Å². The maximum atomic E-state index is 8.25. The number of hydrogen-bond acceptors (Lipinski definition) is 3. The van der Waals surface area contributed by atoms with E-state index in [1.54, 1.807) is 0 Å². The zero-order chi connectivity index (χ0) is 3.58. The average molecular weight is 329 g/mol. The van der Waals surface area contributed by atoms with Crippen LogP contribution in [0.1, 0.15) is 1.43 Å². The molecule has 0 saturated heterocycles. The molecule has 0 spiro atoms. The van der Waals surface area contributed by atoms with E-state index in [-0.39, 0.29) is 139 Å². The Labute approximate surface area is 154 Å². The smallest absolute Gasteiger partial charge is 1.00 e. The van der Waals surface area contributed by atoms with E-state index in [4.69, 9.17) is 15.3 Å². The fraction of sp³-hybridized carbons (Fsp3) is 0. The third-order valence-electron chi connectivity index (χ3n) is 0. The Kier molecular flexibility index (Phi) is 30.0. The minimum absolute atomic E-state index is 0. The maximum Gasteiger partial charge on any atom is 1.00 e. The van der Waals surface area contributed by atoms with E-state index in [0.29, 0.717) is 0 Å². The summed E-state index contributed by atoms with van der Waals surface area (Å²) >= 11 is 0. The van der Waals surface area contributed by atoms with Crippen molar-refractivity contribution in [3.63, 3.8) is 0 Å². The molecule has 26 valence electrons. The van der Waals surface area contributed by atoms with Gasteiger partial charge in [-0.1, -0.05) is 0 Å². The molecule has 0 aromatic carbocycles. The Hall–Kier alpha value is 3.30. The zero-order valence-electron chi connectivity index (χ0n) is 4.67. The summed E-state index contributed by atoms with van der Waals surface area (Å²) in [5.41, 5.74) is 0. The van der Waals surface area contributed by atoms with Crippen molar-refractivity contribution in [2.75, 3.05) is 0 Å². The van der Waals surface area contributed by atoms with Gasteiger partial charge in [-0.15, -0.1) is 0 Å². The predicted octanol–water partition coefficient (Wildman–Crippen LogP) is -6.12. The van der Waals surface area contributed by atoms with Gasteiger partial charge in [-0.3, -0.25) is 0 Å². The summed E-state index contributed by atoms with van der Waals surface area (Å²) in [5, 5.41) is 14.8. The van der Waals surface area contributed by atoms with Crippen molar-refractivity contribution in [1.29, 1.82) is 0 Å². The van der Waals surface area contributed by atoms with Crippen LogP contribution in [0.5, 0.6) is 0 Å². The third kappa shape index (κ3) is 26.6. The summed E-state index contributed by atoms with van der Waals surface area (Å²) in [5.74, 6) is 0. The van der Waals surface area contributed by atoms with Crippen LogP contribution in [0.4, 0.5) is 0 Å². The van der Waals surface area contributed by atoms with Gasteiger partial charge in [-0.2, -0.15) is 0 Å². The first-order valence-electron chi connectivity index (χ1n) is 0.548. The van der Waals surface area contributed by atoms with Crippen LogP contribution in [0.3, 0.4) is 0 Å². The molecule has 0 fully saturated rings. The van der Waals surface area contributed by atoms with Crippen LogP contribution < -0.4 is 138 Å². The van der Waals surface area contributed by atoms with Gasteiger partial charge in [0.1, 0.15) is 0 Å². The van der Waals surface area contributed by atoms with Gasteiger partial charge in [0.25, 0.3) is 0 Å². The van der Waals surface area contributed by atoms with Gasteiger partial charge in [-0.25, -0.2) is 0 Å². The molecule has 0 unspecified atom stereocenters. The van der Waals surface area contributed by atoms with Gasteiger partial charge in [0.2, 0.25) is 0 Å². The molecule has 0 aliphatic rings. The number of hydrogen-bond donors (Lipinski definition) is 0. The second-order valence-electron chi connectivity index (χ2n) is 0.224. The van der Waals surface area contributed by atoms with E-state index in [0.717, 1.165) is 0 Å². The molecular formula is HCs2NO3. The van der Waals surface area contributed by atoms with Crippen LogP contribution >= 0.6 is 0 Å². The minimum atomic E-state index is -1.75. The SMILES string of the molecule is O=[N+]([O-])[O-].[Cs+].[Cs+].[H-]. The zero-order valence-corrected chi connectivity index (χ0v) is 16.2. The second kappa shape index (κ2) is 11.1. The monoisotopic (exact) mass is 329 g/mol. The Morgan fingerprint density at radius 2 is 1.33 bits per heavy atom. The van der Waals surface area contributed by atoms with Crippen molar-refractivity contribution in [3.05, 3.63) is 15.3 Å². The van der Waals surface area contributed by atoms with Gasteiger partial charge in [0.05, 0.1) is 5.09 Å². The van der Waals surface area contributed by atoms with Gasteiger partial charge >= 0.3 is 138 Å². The quantitative estimate of drug-likeness (QED) is 0.328. The van der Waals surface area contributed by atoms with Crippen molar-refractivity contribution in [2.24, 2.45) is 0 Å². The molecule has 0 amide bonds. The van der Waals surface area contributed by atoms with Crippen molar-refractivity contribution in [2.45, 2.75) is 0 Å². The van der Waals surface area contributed by atoms with Crippen LogP contribution in [0, 0.1) is 15.3 Å². The molecule has 0 heterocycles. The standard InChI is InChI=1S/2Cs.NO3.H/c;;2-1(3)4;/q2*+1;2*-1. The Morgan fingerprint density at radius 1 is 1.33 bits per heavy atom. The normalized spacial score (nSPS) is 4.00. The first kappa shape index (κ1) is 16.1. The largest absolute Gasteiger partial charge is 1.00 e. The fourth-order valence-corrected chi connectivity index (χ4v) is 0. The van der Waals surface area contributed by atoms with E-state index >= 15 is 0 Å². The van der Waals surface area contributed by atoms with Gasteiger partial charge in [-0.05, 0) is 0 Å². The summed E-state index contributed by atoms with van der Waals surface area (Å²) < 4.78 is 0. The molecule has 0 rings (SSSR count). The Balaban J connectivity index is -0.0000000150. The van der Waals surface area contributed by atoms with Gasteiger partial charge in [0, 0.05) is 0 Å². The van der Waals surface area contributed by atoms with Crippen LogP contribution in [0.25, 0.3) is 0 Å². The maximum absolute atomic E-state index is 8.25. The summed E-state index contributed by atoms with van der Waals surface area (Å²) in [6.07, 6.45) is 0. The molecule has 0 aliphatic heterocycles. The fourth-order valence-electron chi connectivity index (χ4n) is 0. The van der Waals surface area contributed by atoms with Crippen LogP contribution in [0.15, 0.2) is 0 Å². The minimum Gasteiger partial charge on any atom is -1.00 e. The summed E-state index contributed by atoms with van der Waals surface area (Å²) in [6, 6.07) is 0. The van der Waals surface area contributed by atoms with E-state index in [1.807, 2.05) is 0 Å². The molecule has 0 N–H and O–H groups in total. The summed E-state index contributed by atoms with van der Waals surface area (Å²) in [7, 11) is 0. The topological polar surface area (TPSA) is 66.2 Å². The van der Waals surface area contributed by atoms with E-state index < -0.39 is 5.09 Å². The van der Waals surface area contributed by atoms with Crippen LogP contribution in [-0.2, 0) is 0 Å². The Morgan fingerprint density at radius 3 is 1.33 bits per heavy atom. The molecule has 0 aromatic rings. The van der Waals surface area contributed by atoms with Crippen molar-refractivity contribution < 1.29 is 144 Å². The molecule has 4 nitrogen and oxygen atoms in total. The molecular weight excluding hydrogens is 328 g/mol. The summed E-state index contributed by atoms with van der Waals surface area (Å²) in [4.78, 5) is 8.25. The van der Waals surface area contributed by atoms with Crippen molar-refractivity contribution in [3.8, 4) is 0 Å². The summed E-state index contributed by atoms with van der Waals surface area (Å²) in [6.45, 7) is 0. The van der Waals surface area contributed by atoms with E-state index in [2.05, 4.69) is 0 Å². The Bertz CT molecular complexity index is 35.9. The molecule has 0 aromatic heterocycles. The first-order chi connectivity index (χ1) is 1.73. The van der Waals surface area contributed by atoms with E-state index in [1.165, 1.54) is 0 Å². The average Bonchev–Trinajstić information content (AvgIpc) is 0.811.